The third-order valence-corrected chi connectivity index (χ3v) is 0.685. The molecule has 0 fully saturated rings. The number of aliphatic imine (C=N–C) groups is 1. The summed E-state index contributed by atoms with van der Waals surface area (Å²) in [5.41, 5.74) is 0.715. The highest BCUT2D eigenvalue weighted by Crippen LogP contribution is 1.91. The van der Waals surface area contributed by atoms with E-state index < -0.39 is 0 Å². The number of allylic oxidation sites excluding steroid dienone is 1. The van der Waals surface area contributed by atoms with Crippen molar-refractivity contribution < 1.29 is 4.74 Å². The minimum absolute atomic E-state index is 0.502. The minimum atomic E-state index is 0.502. The number of ether oxygens (including phenoxy) is 1. The Bertz CT molecular complexity index is 148. The summed E-state index contributed by atoms with van der Waals surface area (Å²) < 4.78 is 4.78. The molecule has 0 unspecified atom stereocenters. The van der Waals surface area contributed by atoms with E-state index in [0.717, 1.165) is 0 Å². The molecule has 13 heavy (non-hydrogen) atoms. The largest absolute Gasteiger partial charge is 0.481 e. The quantitative estimate of drug-likeness (QED) is 0.473. The average molecular weight is 185 g/mol. The highest BCUT2D eigenvalue weighted by atomic mass is 16.5. The van der Waals surface area contributed by atoms with Crippen molar-refractivity contribution in [2.24, 2.45) is 4.99 Å². The summed E-state index contributed by atoms with van der Waals surface area (Å²) in [6, 6.07) is 0. The molecule has 2 nitrogen and oxygen atoms in total. The number of nitrogens with zero attached hydrogens (tertiary/aromatic N) is 1. The van der Waals surface area contributed by atoms with Gasteiger partial charge in [-0.1, -0.05) is 40.9 Å². The summed E-state index contributed by atoms with van der Waals surface area (Å²) in [5, 5.41) is 0. The standard InChI is InChI=1S/C7H11NO.2C2H6/c1-5-7(9-4)8-6(2)3;2*1-2/h5H,1-2H2,3-4H3;2*1-2H3. The third kappa shape index (κ3) is 18.2. The fraction of sp³-hybridized carbons (Fsp3) is 0.545. The van der Waals surface area contributed by atoms with Gasteiger partial charge in [-0.05, 0) is 13.0 Å². The Hall–Kier alpha value is -1.05. The lowest BCUT2D eigenvalue weighted by molar-refractivity contribution is 0.406. The van der Waals surface area contributed by atoms with E-state index in [1.165, 1.54) is 6.08 Å². The van der Waals surface area contributed by atoms with E-state index in [4.69, 9.17) is 4.74 Å². The Morgan fingerprint density at radius 3 is 1.69 bits per heavy atom. The maximum Gasteiger partial charge on any atom is 0.212 e. The van der Waals surface area contributed by atoms with Crippen LogP contribution in [0.15, 0.2) is 29.9 Å². The van der Waals surface area contributed by atoms with Crippen molar-refractivity contribution in [1.29, 1.82) is 0 Å². The van der Waals surface area contributed by atoms with Crippen molar-refractivity contribution in [1.82, 2.24) is 0 Å². The monoisotopic (exact) mass is 185 g/mol. The topological polar surface area (TPSA) is 21.6 Å². The fourth-order valence-corrected chi connectivity index (χ4v) is 0.363. The van der Waals surface area contributed by atoms with Crippen molar-refractivity contribution in [2.45, 2.75) is 34.6 Å². The number of hydrogen-bond acceptors (Lipinski definition) is 2. The lowest BCUT2D eigenvalue weighted by Gasteiger charge is -1.95. The van der Waals surface area contributed by atoms with Crippen LogP contribution >= 0.6 is 0 Å². The van der Waals surface area contributed by atoms with Crippen LogP contribution in [0, 0.1) is 0 Å². The Balaban J connectivity index is -0.000000218. The van der Waals surface area contributed by atoms with Gasteiger partial charge in [0.25, 0.3) is 0 Å². The minimum Gasteiger partial charge on any atom is -0.481 e. The molecule has 0 atom stereocenters. The van der Waals surface area contributed by atoms with Crippen molar-refractivity contribution in [3.05, 3.63) is 24.9 Å². The molecule has 0 aliphatic rings. The predicted octanol–water partition coefficient (Wildman–Crippen LogP) is 3.80. The SMILES string of the molecule is C=CC(=NC(=C)C)OC.CC.CC. The highest BCUT2D eigenvalue weighted by Gasteiger charge is 1.86. The molecule has 0 N–H and O–H groups in total. The van der Waals surface area contributed by atoms with Crippen molar-refractivity contribution in [3.63, 3.8) is 0 Å². The number of methoxy groups -OCH3 is 1. The lowest BCUT2D eigenvalue weighted by Crippen LogP contribution is -1.94. The molecule has 0 saturated heterocycles. The first-order valence-electron chi connectivity index (χ1n) is 4.61. The Morgan fingerprint density at radius 2 is 1.62 bits per heavy atom. The summed E-state index contributed by atoms with van der Waals surface area (Å²) in [7, 11) is 1.55. The fourth-order valence-electron chi connectivity index (χ4n) is 0.363. The zero-order valence-electron chi connectivity index (χ0n) is 9.85. The van der Waals surface area contributed by atoms with E-state index in [1.807, 2.05) is 27.7 Å². The van der Waals surface area contributed by atoms with Gasteiger partial charge < -0.3 is 4.74 Å². The summed E-state index contributed by atoms with van der Waals surface area (Å²) in [4.78, 5) is 3.90. The molecule has 0 radical (unpaired) electrons. The molecule has 0 bridgehead atoms. The van der Waals surface area contributed by atoms with Gasteiger partial charge in [-0.2, -0.15) is 0 Å². The van der Waals surface area contributed by atoms with Gasteiger partial charge in [-0.3, -0.25) is 0 Å². The van der Waals surface area contributed by atoms with Crippen LogP contribution in [0.3, 0.4) is 0 Å². The van der Waals surface area contributed by atoms with Gasteiger partial charge in [-0.25, -0.2) is 4.99 Å². The smallest absolute Gasteiger partial charge is 0.212 e. The normalized spacial score (nSPS) is 8.31. The molecule has 0 saturated carbocycles. The van der Waals surface area contributed by atoms with Crippen molar-refractivity contribution >= 4 is 5.90 Å². The van der Waals surface area contributed by atoms with Crippen LogP contribution in [0.4, 0.5) is 0 Å². The molecule has 2 heteroatoms. The first-order valence-corrected chi connectivity index (χ1v) is 4.61. The van der Waals surface area contributed by atoms with Gasteiger partial charge in [0.15, 0.2) is 0 Å². The lowest BCUT2D eigenvalue weighted by atomic mass is 10.5. The molecular formula is C11H23NO. The van der Waals surface area contributed by atoms with Gasteiger partial charge in [-0.15, -0.1) is 0 Å². The molecule has 0 spiro atoms. The van der Waals surface area contributed by atoms with Crippen molar-refractivity contribution in [2.75, 3.05) is 7.11 Å². The van der Waals surface area contributed by atoms with Crippen LogP contribution in [0.25, 0.3) is 0 Å². The van der Waals surface area contributed by atoms with Gasteiger partial charge in [0.1, 0.15) is 0 Å². The maximum atomic E-state index is 4.78. The van der Waals surface area contributed by atoms with E-state index in [1.54, 1.807) is 14.0 Å². The van der Waals surface area contributed by atoms with Gasteiger partial charge in [0, 0.05) is 5.70 Å². The predicted molar refractivity (Wildman–Crippen MR) is 62.2 cm³/mol. The summed E-state index contributed by atoms with van der Waals surface area (Å²) >= 11 is 0. The number of rotatable bonds is 2. The second kappa shape index (κ2) is 17.2. The van der Waals surface area contributed by atoms with Crippen LogP contribution in [-0.4, -0.2) is 13.0 Å². The van der Waals surface area contributed by atoms with E-state index >= 15 is 0 Å². The third-order valence-electron chi connectivity index (χ3n) is 0.685. The van der Waals surface area contributed by atoms with E-state index in [9.17, 15) is 0 Å². The molecular weight excluding hydrogens is 162 g/mol. The molecule has 0 aliphatic carbocycles. The molecule has 0 aliphatic heterocycles. The summed E-state index contributed by atoms with van der Waals surface area (Å²) in [6.45, 7) is 16.9. The Labute approximate surface area is 83.0 Å². The van der Waals surface area contributed by atoms with Crippen molar-refractivity contribution in [3.8, 4) is 0 Å². The van der Waals surface area contributed by atoms with Crippen LogP contribution in [0.2, 0.25) is 0 Å². The van der Waals surface area contributed by atoms with Crippen LogP contribution in [0.1, 0.15) is 34.6 Å². The molecule has 0 aromatic carbocycles. The highest BCUT2D eigenvalue weighted by molar-refractivity contribution is 5.87. The zero-order chi connectivity index (χ0) is 11.3. The van der Waals surface area contributed by atoms with Crippen LogP contribution in [0.5, 0.6) is 0 Å². The van der Waals surface area contributed by atoms with Crippen LogP contribution < -0.4 is 0 Å². The molecule has 0 heterocycles. The molecule has 0 amide bonds. The van der Waals surface area contributed by atoms with Gasteiger partial charge in [0.05, 0.1) is 7.11 Å². The molecule has 0 rings (SSSR count). The first kappa shape index (κ1) is 17.9. The second-order valence-corrected chi connectivity index (χ2v) is 1.59. The first-order chi connectivity index (χ1) is 6.20. The molecule has 78 valence electrons. The second-order valence-electron chi connectivity index (χ2n) is 1.59. The average Bonchev–Trinajstić information content (AvgIpc) is 2.20. The van der Waals surface area contributed by atoms with Gasteiger partial charge >= 0.3 is 0 Å². The summed E-state index contributed by atoms with van der Waals surface area (Å²) in [5.74, 6) is 0.502. The zero-order valence-corrected chi connectivity index (χ0v) is 9.85. The van der Waals surface area contributed by atoms with Gasteiger partial charge in [0.2, 0.25) is 5.90 Å². The summed E-state index contributed by atoms with van der Waals surface area (Å²) in [6.07, 6.45) is 1.54. The van der Waals surface area contributed by atoms with E-state index in [-0.39, 0.29) is 0 Å². The molecule has 0 aromatic rings. The number of hydrogen-bond donors (Lipinski definition) is 0. The molecule has 0 aromatic heterocycles. The van der Waals surface area contributed by atoms with E-state index in [0.29, 0.717) is 11.6 Å². The van der Waals surface area contributed by atoms with E-state index in [2.05, 4.69) is 18.2 Å². The Morgan fingerprint density at radius 1 is 1.23 bits per heavy atom. The maximum absolute atomic E-state index is 4.78. The van der Waals surface area contributed by atoms with Crippen LogP contribution in [-0.2, 0) is 4.74 Å². The Kier molecular flexibility index (Phi) is 23.6.